The average molecular weight is 256 g/mol. The monoisotopic (exact) mass is 256 g/mol. The second-order valence-electron chi connectivity index (χ2n) is 4.11. The van der Waals surface area contributed by atoms with Gasteiger partial charge in [-0.2, -0.15) is 0 Å². The number of sulfone groups is 1. The van der Waals surface area contributed by atoms with E-state index in [1.165, 1.54) is 7.11 Å². The third-order valence-electron chi connectivity index (χ3n) is 3.03. The number of pyridine rings is 1. The molecule has 2 N–H and O–H groups in total. The zero-order valence-corrected chi connectivity index (χ0v) is 10.5. The summed E-state index contributed by atoms with van der Waals surface area (Å²) in [5.41, 5.74) is 6.89. The van der Waals surface area contributed by atoms with Gasteiger partial charge in [0, 0.05) is 12.1 Å². The minimum atomic E-state index is -3.03. The molecule has 6 heteroatoms. The first kappa shape index (κ1) is 12.3. The van der Waals surface area contributed by atoms with E-state index in [0.29, 0.717) is 31.0 Å². The van der Waals surface area contributed by atoms with Gasteiger partial charge >= 0.3 is 0 Å². The lowest BCUT2D eigenvalue weighted by Crippen LogP contribution is -2.11. The fourth-order valence-corrected chi connectivity index (χ4v) is 4.00. The second kappa shape index (κ2) is 4.62. The summed E-state index contributed by atoms with van der Waals surface area (Å²) in [6, 6.07) is 3.52. The number of methoxy groups -OCH3 is 1. The van der Waals surface area contributed by atoms with E-state index in [-0.39, 0.29) is 5.75 Å². The molecule has 0 amide bonds. The van der Waals surface area contributed by atoms with Crippen molar-refractivity contribution in [1.82, 2.24) is 4.98 Å². The highest BCUT2D eigenvalue weighted by Crippen LogP contribution is 2.34. The predicted molar refractivity (Wildman–Crippen MR) is 64.4 cm³/mol. The van der Waals surface area contributed by atoms with Crippen LogP contribution < -0.4 is 10.5 Å². The molecule has 0 aliphatic carbocycles. The Morgan fingerprint density at radius 3 is 2.82 bits per heavy atom. The highest BCUT2D eigenvalue weighted by Gasteiger charge is 2.34. The standard InChI is InChI=1S/C11H16N2O3S/c1-16-11-8(7-12)4-5-9(13-11)10-3-2-6-17(10,14)15/h4-5,10H,2-3,6-7,12H2,1H3. The summed E-state index contributed by atoms with van der Waals surface area (Å²) in [6.45, 7) is 0.327. The zero-order valence-electron chi connectivity index (χ0n) is 9.72. The van der Waals surface area contributed by atoms with Crippen molar-refractivity contribution in [3.63, 3.8) is 0 Å². The van der Waals surface area contributed by atoms with Crippen LogP contribution in [0.25, 0.3) is 0 Å². The molecule has 0 spiro atoms. The molecule has 17 heavy (non-hydrogen) atoms. The van der Waals surface area contributed by atoms with E-state index in [1.54, 1.807) is 12.1 Å². The maximum atomic E-state index is 11.8. The maximum absolute atomic E-state index is 11.8. The molecule has 1 aliphatic rings. The van der Waals surface area contributed by atoms with Crippen molar-refractivity contribution >= 4 is 9.84 Å². The van der Waals surface area contributed by atoms with E-state index in [9.17, 15) is 8.42 Å². The minimum absolute atomic E-state index is 0.250. The minimum Gasteiger partial charge on any atom is -0.481 e. The van der Waals surface area contributed by atoms with Gasteiger partial charge in [-0.25, -0.2) is 13.4 Å². The van der Waals surface area contributed by atoms with Crippen LogP contribution in [-0.4, -0.2) is 26.3 Å². The Bertz CT molecular complexity index is 513. The van der Waals surface area contributed by atoms with Crippen LogP contribution in [0.3, 0.4) is 0 Å². The first-order valence-corrected chi connectivity index (χ1v) is 7.25. The van der Waals surface area contributed by atoms with Crippen LogP contribution in [0.2, 0.25) is 0 Å². The van der Waals surface area contributed by atoms with Gasteiger partial charge in [0.25, 0.3) is 0 Å². The second-order valence-corrected chi connectivity index (χ2v) is 6.41. The fraction of sp³-hybridized carbons (Fsp3) is 0.545. The number of aromatic nitrogens is 1. The van der Waals surface area contributed by atoms with Crippen LogP contribution in [0.4, 0.5) is 0 Å². The van der Waals surface area contributed by atoms with Gasteiger partial charge in [-0.15, -0.1) is 0 Å². The van der Waals surface area contributed by atoms with Crippen LogP contribution >= 0.6 is 0 Å². The van der Waals surface area contributed by atoms with Gasteiger partial charge in [0.15, 0.2) is 9.84 Å². The molecule has 1 atom stereocenters. The van der Waals surface area contributed by atoms with Crippen LogP contribution in [0.1, 0.15) is 29.3 Å². The first-order chi connectivity index (χ1) is 8.08. The Hall–Kier alpha value is -1.14. The van der Waals surface area contributed by atoms with Crippen molar-refractivity contribution in [2.75, 3.05) is 12.9 Å². The fourth-order valence-electron chi connectivity index (χ4n) is 2.12. The zero-order chi connectivity index (χ0) is 12.5. The van der Waals surface area contributed by atoms with Crippen molar-refractivity contribution in [1.29, 1.82) is 0 Å². The topological polar surface area (TPSA) is 82.3 Å². The SMILES string of the molecule is COc1nc(C2CCCS2(=O)=O)ccc1CN. The third-order valence-corrected chi connectivity index (χ3v) is 5.23. The Labute approximate surface area is 101 Å². The average Bonchev–Trinajstić information content (AvgIpc) is 2.68. The quantitative estimate of drug-likeness (QED) is 0.865. The molecular formula is C11H16N2O3S. The van der Waals surface area contributed by atoms with Crippen molar-refractivity contribution in [2.24, 2.45) is 5.73 Å². The van der Waals surface area contributed by atoms with Gasteiger partial charge in [0.05, 0.1) is 18.6 Å². The van der Waals surface area contributed by atoms with Crippen molar-refractivity contribution in [2.45, 2.75) is 24.6 Å². The van der Waals surface area contributed by atoms with Crippen LogP contribution in [0.15, 0.2) is 12.1 Å². The summed E-state index contributed by atoms with van der Waals surface area (Å²) in [5.74, 6) is 0.674. The van der Waals surface area contributed by atoms with E-state index in [1.807, 2.05) is 0 Å². The molecule has 0 radical (unpaired) electrons. The molecule has 1 aliphatic heterocycles. The van der Waals surface area contributed by atoms with Crippen LogP contribution in [0.5, 0.6) is 5.88 Å². The lowest BCUT2D eigenvalue weighted by molar-refractivity contribution is 0.390. The largest absolute Gasteiger partial charge is 0.481 e. The molecule has 1 saturated heterocycles. The lowest BCUT2D eigenvalue weighted by atomic mass is 10.1. The molecule has 94 valence electrons. The molecule has 1 unspecified atom stereocenters. The molecule has 1 aromatic rings. The van der Waals surface area contributed by atoms with E-state index in [0.717, 1.165) is 5.56 Å². The number of nitrogens with two attached hydrogens (primary N) is 1. The molecule has 0 saturated carbocycles. The van der Waals surface area contributed by atoms with Gasteiger partial charge in [-0.1, -0.05) is 6.07 Å². The van der Waals surface area contributed by atoms with Gasteiger partial charge in [0.1, 0.15) is 5.25 Å². The van der Waals surface area contributed by atoms with E-state index >= 15 is 0 Å². The van der Waals surface area contributed by atoms with Gasteiger partial charge < -0.3 is 10.5 Å². The summed E-state index contributed by atoms with van der Waals surface area (Å²) >= 11 is 0. The first-order valence-electron chi connectivity index (χ1n) is 5.54. The summed E-state index contributed by atoms with van der Waals surface area (Å²) in [5, 5.41) is -0.483. The van der Waals surface area contributed by atoms with Gasteiger partial charge in [0.2, 0.25) is 5.88 Å². The maximum Gasteiger partial charge on any atom is 0.217 e. The Kier molecular flexibility index (Phi) is 3.35. The number of rotatable bonds is 3. The summed E-state index contributed by atoms with van der Waals surface area (Å²) in [7, 11) is -1.53. The molecule has 2 rings (SSSR count). The number of hydrogen-bond acceptors (Lipinski definition) is 5. The highest BCUT2D eigenvalue weighted by molar-refractivity contribution is 7.91. The molecule has 5 nitrogen and oxygen atoms in total. The Morgan fingerprint density at radius 1 is 1.53 bits per heavy atom. The van der Waals surface area contributed by atoms with Crippen molar-refractivity contribution in [3.05, 3.63) is 23.4 Å². The van der Waals surface area contributed by atoms with Crippen LogP contribution in [-0.2, 0) is 16.4 Å². The van der Waals surface area contributed by atoms with Crippen molar-refractivity contribution in [3.8, 4) is 5.88 Å². The number of ether oxygens (including phenoxy) is 1. The van der Waals surface area contributed by atoms with E-state index in [2.05, 4.69) is 4.98 Å². The molecule has 2 heterocycles. The Balaban J connectivity index is 2.40. The summed E-state index contributed by atoms with van der Waals surface area (Å²) in [4.78, 5) is 4.26. The van der Waals surface area contributed by atoms with Crippen LogP contribution in [0, 0.1) is 0 Å². The third kappa shape index (κ3) is 2.28. The normalized spacial score (nSPS) is 22.6. The van der Waals surface area contributed by atoms with Gasteiger partial charge in [-0.05, 0) is 18.9 Å². The highest BCUT2D eigenvalue weighted by atomic mass is 32.2. The van der Waals surface area contributed by atoms with Crippen molar-refractivity contribution < 1.29 is 13.2 Å². The van der Waals surface area contributed by atoms with Gasteiger partial charge in [-0.3, -0.25) is 0 Å². The molecule has 0 bridgehead atoms. The van der Waals surface area contributed by atoms with E-state index in [4.69, 9.17) is 10.5 Å². The molecule has 1 aromatic heterocycles. The molecule has 1 fully saturated rings. The van der Waals surface area contributed by atoms with E-state index < -0.39 is 15.1 Å². The predicted octanol–water partition coefficient (Wildman–Crippen LogP) is 0.799. The summed E-state index contributed by atoms with van der Waals surface area (Å²) < 4.78 is 28.7. The molecular weight excluding hydrogens is 240 g/mol. The molecule has 0 aromatic carbocycles. The smallest absolute Gasteiger partial charge is 0.217 e. The summed E-state index contributed by atoms with van der Waals surface area (Å²) in [6.07, 6.45) is 1.34. The lowest BCUT2D eigenvalue weighted by Gasteiger charge is -2.12. The Morgan fingerprint density at radius 2 is 2.29 bits per heavy atom. The number of nitrogens with zero attached hydrogens (tertiary/aromatic N) is 1. The number of hydrogen-bond donors (Lipinski definition) is 1.